The molecule has 1 heterocycles. The average molecular weight is 467 g/mol. The van der Waals surface area contributed by atoms with Gasteiger partial charge in [-0.15, -0.1) is 0 Å². The zero-order chi connectivity index (χ0) is 24.4. The van der Waals surface area contributed by atoms with Crippen molar-refractivity contribution in [1.82, 2.24) is 0 Å². The molecule has 2 unspecified atom stereocenters. The van der Waals surface area contributed by atoms with Crippen molar-refractivity contribution in [3.8, 4) is 0 Å². The Labute approximate surface area is 211 Å². The molecular weight excluding hydrogens is 440 g/mol. The number of allylic oxidation sites excluding steroid dienone is 4. The van der Waals surface area contributed by atoms with Gasteiger partial charge in [-0.2, -0.15) is 0 Å². The molecule has 0 spiro atoms. The molecule has 2 atom stereocenters. The number of cyclic esters (lactones) is 1. The zero-order valence-electron chi connectivity index (χ0n) is 19.8. The molecule has 0 saturated carbocycles. The highest BCUT2D eigenvalue weighted by atomic mass is 16.5. The molecule has 0 amide bonds. The Balaban J connectivity index is 1.63. The van der Waals surface area contributed by atoms with Crippen molar-refractivity contribution in [3.63, 3.8) is 0 Å². The van der Waals surface area contributed by atoms with Crippen LogP contribution in [0.4, 0.5) is 0 Å². The number of fused-ring (bicyclic) bond motifs is 1. The smallest absolute Gasteiger partial charge is 0.326 e. The number of ether oxygens (including phenoxy) is 1. The van der Waals surface area contributed by atoms with Crippen LogP contribution in [0.2, 0.25) is 0 Å². The summed E-state index contributed by atoms with van der Waals surface area (Å²) in [5.41, 5.74) is 3.93. The van der Waals surface area contributed by atoms with Crippen LogP contribution in [-0.2, 0) is 14.9 Å². The Kier molecular flexibility index (Phi) is 5.71. The van der Waals surface area contributed by atoms with E-state index in [1.807, 2.05) is 97.1 Å². The van der Waals surface area contributed by atoms with Crippen LogP contribution in [0, 0.1) is 11.8 Å². The summed E-state index contributed by atoms with van der Waals surface area (Å²) in [6.45, 7) is 0. The van der Waals surface area contributed by atoms with Crippen LogP contribution in [0.5, 0.6) is 0 Å². The van der Waals surface area contributed by atoms with E-state index >= 15 is 0 Å². The molecular formula is C34H26O2. The lowest BCUT2D eigenvalue weighted by molar-refractivity contribution is -0.151. The summed E-state index contributed by atoms with van der Waals surface area (Å²) in [5.74, 6) is 0.181. The highest BCUT2D eigenvalue weighted by Crippen LogP contribution is 2.53. The van der Waals surface area contributed by atoms with E-state index in [0.29, 0.717) is 5.76 Å². The third-order valence-electron chi connectivity index (χ3n) is 7.29. The summed E-state index contributed by atoms with van der Waals surface area (Å²) in [6, 6.07) is 40.6. The van der Waals surface area contributed by atoms with Gasteiger partial charge < -0.3 is 4.74 Å². The van der Waals surface area contributed by atoms with Crippen LogP contribution in [0.15, 0.2) is 151 Å². The van der Waals surface area contributed by atoms with Gasteiger partial charge in [0.15, 0.2) is 0 Å². The van der Waals surface area contributed by atoms with Crippen LogP contribution in [-0.4, -0.2) is 5.97 Å². The summed E-state index contributed by atoms with van der Waals surface area (Å²) in [6.07, 6.45) is 8.48. The second kappa shape index (κ2) is 9.31. The third kappa shape index (κ3) is 3.54. The van der Waals surface area contributed by atoms with Crippen molar-refractivity contribution in [2.45, 2.75) is 5.41 Å². The maximum atomic E-state index is 14.4. The predicted molar refractivity (Wildman–Crippen MR) is 144 cm³/mol. The quantitative estimate of drug-likeness (QED) is 0.294. The van der Waals surface area contributed by atoms with Gasteiger partial charge in [0.25, 0.3) is 0 Å². The number of carbonyl (C=O) groups is 1. The van der Waals surface area contributed by atoms with Crippen LogP contribution in [0.25, 0.3) is 5.57 Å². The van der Waals surface area contributed by atoms with E-state index in [1.54, 1.807) is 0 Å². The lowest BCUT2D eigenvalue weighted by atomic mass is 9.58. The molecule has 0 N–H and O–H groups in total. The molecule has 2 aliphatic rings. The number of benzene rings is 4. The second-order valence-corrected chi connectivity index (χ2v) is 9.22. The molecule has 0 bridgehead atoms. The van der Waals surface area contributed by atoms with Crippen molar-refractivity contribution < 1.29 is 9.53 Å². The summed E-state index contributed by atoms with van der Waals surface area (Å²) < 4.78 is 6.51. The standard InChI is InChI=1S/C34H26O2/c35-33-34(27-19-9-3-10-20-27,28-21-11-4-12-22-28)30-24-14-13-23-29(30)32(36-33)31(25-15-5-1-6-16-25)26-17-7-2-8-18-26/h1-24,29-30H. The van der Waals surface area contributed by atoms with Crippen molar-refractivity contribution in [1.29, 1.82) is 0 Å². The van der Waals surface area contributed by atoms with E-state index in [2.05, 4.69) is 48.6 Å². The molecule has 2 nitrogen and oxygen atoms in total. The minimum atomic E-state index is -0.962. The van der Waals surface area contributed by atoms with Gasteiger partial charge in [-0.25, -0.2) is 0 Å². The Morgan fingerprint density at radius 1 is 0.583 bits per heavy atom. The minimum Gasteiger partial charge on any atom is -0.429 e. The molecule has 1 saturated heterocycles. The van der Waals surface area contributed by atoms with Crippen molar-refractivity contribution >= 4 is 11.5 Å². The van der Waals surface area contributed by atoms with Crippen LogP contribution >= 0.6 is 0 Å². The fourth-order valence-electron chi connectivity index (χ4n) is 5.72. The van der Waals surface area contributed by atoms with Gasteiger partial charge >= 0.3 is 5.97 Å². The van der Waals surface area contributed by atoms with Crippen molar-refractivity contribution in [2.24, 2.45) is 11.8 Å². The van der Waals surface area contributed by atoms with E-state index in [9.17, 15) is 4.79 Å². The van der Waals surface area contributed by atoms with E-state index in [-0.39, 0.29) is 17.8 Å². The molecule has 174 valence electrons. The number of hydrogen-bond donors (Lipinski definition) is 0. The summed E-state index contributed by atoms with van der Waals surface area (Å²) in [5, 5.41) is 0. The fourth-order valence-corrected chi connectivity index (χ4v) is 5.72. The SMILES string of the molecule is O=C1OC(=C(c2ccccc2)c2ccccc2)C2C=CC=CC2C1(c1ccccc1)c1ccccc1. The Bertz CT molecular complexity index is 1370. The first kappa shape index (κ1) is 22.1. The molecule has 36 heavy (non-hydrogen) atoms. The number of hydrogen-bond acceptors (Lipinski definition) is 2. The van der Waals surface area contributed by atoms with Crippen molar-refractivity contribution in [3.05, 3.63) is 174 Å². The minimum absolute atomic E-state index is 0.122. The largest absolute Gasteiger partial charge is 0.429 e. The second-order valence-electron chi connectivity index (χ2n) is 9.22. The normalized spacial score (nSPS) is 19.9. The fraction of sp³-hybridized carbons (Fsp3) is 0.0882. The topological polar surface area (TPSA) is 26.3 Å². The van der Waals surface area contributed by atoms with Crippen LogP contribution in [0.3, 0.4) is 0 Å². The lowest BCUT2D eigenvalue weighted by Crippen LogP contribution is -2.52. The molecule has 0 aromatic heterocycles. The Morgan fingerprint density at radius 3 is 1.53 bits per heavy atom. The zero-order valence-corrected chi connectivity index (χ0v) is 19.8. The molecule has 0 radical (unpaired) electrons. The lowest BCUT2D eigenvalue weighted by Gasteiger charge is -2.47. The van der Waals surface area contributed by atoms with E-state index in [4.69, 9.17) is 4.74 Å². The summed E-state index contributed by atoms with van der Waals surface area (Å²) in [7, 11) is 0. The maximum Gasteiger partial charge on any atom is 0.326 e. The first-order valence-electron chi connectivity index (χ1n) is 12.3. The number of carbonyl (C=O) groups excluding carboxylic acids is 1. The monoisotopic (exact) mass is 466 g/mol. The predicted octanol–water partition coefficient (Wildman–Crippen LogP) is 7.35. The van der Waals surface area contributed by atoms with Gasteiger partial charge in [0.2, 0.25) is 0 Å². The molecule has 2 heteroatoms. The Morgan fingerprint density at radius 2 is 1.03 bits per heavy atom. The van der Waals surface area contributed by atoms with E-state index < -0.39 is 5.41 Å². The molecule has 4 aromatic carbocycles. The van der Waals surface area contributed by atoms with Gasteiger partial charge in [-0.3, -0.25) is 4.79 Å². The molecule has 4 aromatic rings. The van der Waals surface area contributed by atoms with Gasteiger partial charge in [0, 0.05) is 17.4 Å². The summed E-state index contributed by atoms with van der Waals surface area (Å²) >= 11 is 0. The molecule has 1 aliphatic heterocycles. The van der Waals surface area contributed by atoms with Crippen molar-refractivity contribution in [2.75, 3.05) is 0 Å². The third-order valence-corrected chi connectivity index (χ3v) is 7.29. The van der Waals surface area contributed by atoms with Gasteiger partial charge in [0.1, 0.15) is 11.2 Å². The highest BCUT2D eigenvalue weighted by Gasteiger charge is 2.56. The first-order chi connectivity index (χ1) is 17.8. The Hall–Kier alpha value is -4.43. The average Bonchev–Trinajstić information content (AvgIpc) is 2.96. The van der Waals surface area contributed by atoms with Gasteiger partial charge in [-0.05, 0) is 22.3 Å². The van der Waals surface area contributed by atoms with Crippen LogP contribution < -0.4 is 0 Å². The maximum absolute atomic E-state index is 14.4. The molecule has 1 aliphatic carbocycles. The summed E-state index contributed by atoms with van der Waals surface area (Å²) in [4.78, 5) is 14.4. The van der Waals surface area contributed by atoms with Gasteiger partial charge in [0.05, 0.1) is 0 Å². The molecule has 6 rings (SSSR count). The van der Waals surface area contributed by atoms with Crippen LogP contribution in [0.1, 0.15) is 22.3 Å². The molecule has 1 fully saturated rings. The number of rotatable bonds is 4. The number of esters is 1. The highest BCUT2D eigenvalue weighted by molar-refractivity contribution is 5.93. The van der Waals surface area contributed by atoms with Gasteiger partial charge in [-0.1, -0.05) is 146 Å². The van der Waals surface area contributed by atoms with E-state index in [0.717, 1.165) is 27.8 Å². The van der Waals surface area contributed by atoms with E-state index in [1.165, 1.54) is 0 Å². The first-order valence-corrected chi connectivity index (χ1v) is 12.3.